The summed E-state index contributed by atoms with van der Waals surface area (Å²) in [5.41, 5.74) is 4.63. The Morgan fingerprint density at radius 2 is 1.86 bits per heavy atom. The van der Waals surface area contributed by atoms with Gasteiger partial charge in [-0.05, 0) is 29.8 Å². The number of nitrogens with one attached hydrogen (secondary N) is 3. The molecule has 0 spiro atoms. The number of aromatic nitrogens is 1. The molecule has 114 valence electrons. The topological polar surface area (TPSA) is 100 Å². The van der Waals surface area contributed by atoms with Crippen molar-refractivity contribution in [3.63, 3.8) is 0 Å². The molecule has 1 aromatic heterocycles. The SMILES string of the molecule is COc1ccc(CC(=O)NNC(=O)c2ccc[nH]c2=O)cc1. The van der Waals surface area contributed by atoms with Gasteiger partial charge in [-0.15, -0.1) is 0 Å². The van der Waals surface area contributed by atoms with Crippen LogP contribution in [-0.2, 0) is 11.2 Å². The van der Waals surface area contributed by atoms with Crippen molar-refractivity contribution in [3.05, 3.63) is 64.1 Å². The van der Waals surface area contributed by atoms with Gasteiger partial charge >= 0.3 is 0 Å². The molecule has 0 saturated carbocycles. The van der Waals surface area contributed by atoms with Gasteiger partial charge in [-0.25, -0.2) is 0 Å². The maximum Gasteiger partial charge on any atom is 0.275 e. The molecule has 22 heavy (non-hydrogen) atoms. The maximum absolute atomic E-state index is 11.7. The minimum atomic E-state index is -0.676. The van der Waals surface area contributed by atoms with E-state index in [2.05, 4.69) is 15.8 Å². The summed E-state index contributed by atoms with van der Waals surface area (Å²) in [6.45, 7) is 0. The standard InChI is InChI=1S/C15H15N3O4/c1-22-11-6-4-10(5-7-11)9-13(19)17-18-15(21)12-3-2-8-16-14(12)20/h2-8H,9H2,1H3,(H,16,20)(H,17,19)(H,18,21). The molecule has 3 N–H and O–H groups in total. The molecule has 2 amide bonds. The maximum atomic E-state index is 11.7. The molecule has 7 heteroatoms. The van der Waals surface area contributed by atoms with Crippen LogP contribution in [-0.4, -0.2) is 23.9 Å². The number of hydrogen-bond donors (Lipinski definition) is 3. The van der Waals surface area contributed by atoms with Crippen molar-refractivity contribution in [1.82, 2.24) is 15.8 Å². The zero-order valence-electron chi connectivity index (χ0n) is 11.9. The second-order valence-corrected chi connectivity index (χ2v) is 4.44. The van der Waals surface area contributed by atoms with Gasteiger partial charge in [0.25, 0.3) is 11.5 Å². The fourth-order valence-electron chi connectivity index (χ4n) is 1.77. The molecule has 0 unspecified atom stereocenters. The van der Waals surface area contributed by atoms with E-state index < -0.39 is 17.4 Å². The highest BCUT2D eigenvalue weighted by Crippen LogP contribution is 2.11. The quantitative estimate of drug-likeness (QED) is 0.711. The number of amides is 2. The Morgan fingerprint density at radius 1 is 1.14 bits per heavy atom. The third-order valence-electron chi connectivity index (χ3n) is 2.90. The van der Waals surface area contributed by atoms with Crippen molar-refractivity contribution >= 4 is 11.8 Å². The van der Waals surface area contributed by atoms with Gasteiger partial charge in [0, 0.05) is 6.20 Å². The first-order valence-electron chi connectivity index (χ1n) is 6.50. The van der Waals surface area contributed by atoms with Gasteiger partial charge in [0.05, 0.1) is 13.5 Å². The van der Waals surface area contributed by atoms with Crippen molar-refractivity contribution in [1.29, 1.82) is 0 Å². The van der Waals surface area contributed by atoms with Crippen LogP contribution < -0.4 is 21.1 Å². The zero-order valence-corrected chi connectivity index (χ0v) is 11.9. The van der Waals surface area contributed by atoms with E-state index in [-0.39, 0.29) is 12.0 Å². The van der Waals surface area contributed by atoms with E-state index in [1.54, 1.807) is 31.4 Å². The molecule has 7 nitrogen and oxygen atoms in total. The molecule has 0 aliphatic heterocycles. The summed E-state index contributed by atoms with van der Waals surface area (Å²) in [5, 5.41) is 0. The number of H-pyrrole nitrogens is 1. The van der Waals surface area contributed by atoms with E-state index in [9.17, 15) is 14.4 Å². The Balaban J connectivity index is 1.88. The lowest BCUT2D eigenvalue weighted by Gasteiger charge is -2.07. The number of methoxy groups -OCH3 is 1. The summed E-state index contributed by atoms with van der Waals surface area (Å²) in [5.74, 6) is -0.378. The molecule has 1 aromatic carbocycles. The van der Waals surface area contributed by atoms with E-state index in [0.717, 1.165) is 5.56 Å². The van der Waals surface area contributed by atoms with Crippen molar-refractivity contribution in [2.24, 2.45) is 0 Å². The van der Waals surface area contributed by atoms with Crippen LogP contribution in [0.25, 0.3) is 0 Å². The molecular formula is C15H15N3O4. The average molecular weight is 301 g/mol. The highest BCUT2D eigenvalue weighted by molar-refractivity contribution is 5.95. The molecule has 0 radical (unpaired) electrons. The monoisotopic (exact) mass is 301 g/mol. The van der Waals surface area contributed by atoms with Crippen LogP contribution in [0.5, 0.6) is 5.75 Å². The van der Waals surface area contributed by atoms with Gasteiger partial charge in [0.2, 0.25) is 5.91 Å². The van der Waals surface area contributed by atoms with Crippen molar-refractivity contribution in [2.45, 2.75) is 6.42 Å². The van der Waals surface area contributed by atoms with Crippen LogP contribution in [0.15, 0.2) is 47.4 Å². The first-order valence-corrected chi connectivity index (χ1v) is 6.50. The second kappa shape index (κ2) is 7.07. The number of pyridine rings is 1. The predicted octanol–water partition coefficient (Wildman–Crippen LogP) is 0.387. The van der Waals surface area contributed by atoms with E-state index in [4.69, 9.17) is 4.74 Å². The van der Waals surface area contributed by atoms with Crippen molar-refractivity contribution < 1.29 is 14.3 Å². The van der Waals surface area contributed by atoms with Crippen LogP contribution in [0.2, 0.25) is 0 Å². The van der Waals surface area contributed by atoms with Crippen LogP contribution in [0.3, 0.4) is 0 Å². The predicted molar refractivity (Wildman–Crippen MR) is 79.4 cm³/mol. The Labute approximate surface area is 126 Å². The van der Waals surface area contributed by atoms with Gasteiger partial charge in [-0.2, -0.15) is 0 Å². The molecule has 0 bridgehead atoms. The van der Waals surface area contributed by atoms with Gasteiger partial charge < -0.3 is 9.72 Å². The summed E-state index contributed by atoms with van der Waals surface area (Å²) < 4.78 is 5.02. The minimum Gasteiger partial charge on any atom is -0.497 e. The number of benzene rings is 1. The molecule has 1 heterocycles. The summed E-state index contributed by atoms with van der Waals surface area (Å²) in [6.07, 6.45) is 1.51. The first kappa shape index (κ1) is 15.3. The van der Waals surface area contributed by atoms with Gasteiger partial charge in [-0.3, -0.25) is 25.2 Å². The fraction of sp³-hybridized carbons (Fsp3) is 0.133. The number of ether oxygens (including phenoxy) is 1. The van der Waals surface area contributed by atoms with E-state index in [1.807, 2.05) is 0 Å². The summed E-state index contributed by atoms with van der Waals surface area (Å²) in [6, 6.07) is 9.87. The second-order valence-electron chi connectivity index (χ2n) is 4.44. The summed E-state index contributed by atoms with van der Waals surface area (Å²) >= 11 is 0. The largest absolute Gasteiger partial charge is 0.497 e. The van der Waals surface area contributed by atoms with Crippen LogP contribution in [0.1, 0.15) is 15.9 Å². The number of carbonyl (C=O) groups excluding carboxylic acids is 2. The molecule has 0 aliphatic carbocycles. The summed E-state index contributed by atoms with van der Waals surface area (Å²) in [7, 11) is 1.56. The molecule has 0 fully saturated rings. The smallest absolute Gasteiger partial charge is 0.275 e. The highest BCUT2D eigenvalue weighted by Gasteiger charge is 2.10. The third-order valence-corrected chi connectivity index (χ3v) is 2.90. The van der Waals surface area contributed by atoms with E-state index in [0.29, 0.717) is 5.75 Å². The molecular weight excluding hydrogens is 286 g/mol. The van der Waals surface area contributed by atoms with E-state index in [1.165, 1.54) is 18.3 Å². The molecule has 2 aromatic rings. The molecule has 0 saturated heterocycles. The zero-order chi connectivity index (χ0) is 15.9. The lowest BCUT2D eigenvalue weighted by molar-refractivity contribution is -0.121. The number of rotatable bonds is 4. The van der Waals surface area contributed by atoms with E-state index >= 15 is 0 Å². The Kier molecular flexibility index (Phi) is 4.92. The van der Waals surface area contributed by atoms with Gasteiger partial charge in [-0.1, -0.05) is 12.1 Å². The fourth-order valence-corrected chi connectivity index (χ4v) is 1.77. The lowest BCUT2D eigenvalue weighted by Crippen LogP contribution is -2.43. The Bertz CT molecular complexity index is 722. The third kappa shape index (κ3) is 3.95. The number of carbonyl (C=O) groups is 2. The molecule has 2 rings (SSSR count). The Morgan fingerprint density at radius 3 is 2.50 bits per heavy atom. The van der Waals surface area contributed by atoms with Crippen molar-refractivity contribution in [2.75, 3.05) is 7.11 Å². The lowest BCUT2D eigenvalue weighted by atomic mass is 10.1. The number of hydrogen-bond acceptors (Lipinski definition) is 4. The molecule has 0 aliphatic rings. The molecule has 0 atom stereocenters. The highest BCUT2D eigenvalue weighted by atomic mass is 16.5. The summed E-state index contributed by atoms with van der Waals surface area (Å²) in [4.78, 5) is 37.3. The minimum absolute atomic E-state index is 0.0766. The van der Waals surface area contributed by atoms with Gasteiger partial charge in [0.15, 0.2) is 0 Å². The van der Waals surface area contributed by atoms with Crippen molar-refractivity contribution in [3.8, 4) is 5.75 Å². The first-order chi connectivity index (χ1) is 10.6. The number of aromatic amines is 1. The Hall–Kier alpha value is -3.09. The van der Waals surface area contributed by atoms with Gasteiger partial charge in [0.1, 0.15) is 11.3 Å². The number of hydrazine groups is 1. The average Bonchev–Trinajstić information content (AvgIpc) is 2.54. The van der Waals surface area contributed by atoms with Crippen LogP contribution in [0.4, 0.5) is 0 Å². The van der Waals surface area contributed by atoms with Crippen LogP contribution in [0, 0.1) is 0 Å². The van der Waals surface area contributed by atoms with Crippen LogP contribution >= 0.6 is 0 Å². The normalized spacial score (nSPS) is 9.86.